The normalized spacial score (nSPS) is 21.6. The van der Waals surface area contributed by atoms with Crippen molar-refractivity contribution in [2.24, 2.45) is 4.99 Å². The first kappa shape index (κ1) is 24.5. The number of halogens is 2. The number of hydrogen-bond donors (Lipinski definition) is 2. The molecule has 164 valence electrons. The van der Waals surface area contributed by atoms with Crippen molar-refractivity contribution in [1.82, 2.24) is 20.4 Å². The van der Waals surface area contributed by atoms with Crippen molar-refractivity contribution in [2.45, 2.75) is 25.3 Å². The van der Waals surface area contributed by atoms with Crippen LogP contribution in [-0.4, -0.2) is 88.3 Å². The van der Waals surface area contributed by atoms with Gasteiger partial charge < -0.3 is 25.3 Å². The average Bonchev–Trinajstić information content (AvgIpc) is 3.06. The van der Waals surface area contributed by atoms with Crippen LogP contribution in [0.15, 0.2) is 29.3 Å². The quantitative estimate of drug-likeness (QED) is 0.254. The summed E-state index contributed by atoms with van der Waals surface area (Å²) in [7, 11) is 4.07. The maximum absolute atomic E-state index is 6.13. The Hall–Kier alpha value is -0.770. The third kappa shape index (κ3) is 8.11. The van der Waals surface area contributed by atoms with Crippen molar-refractivity contribution in [3.05, 3.63) is 29.3 Å². The maximum atomic E-state index is 6.13. The molecule has 0 saturated carbocycles. The topological polar surface area (TPSA) is 46.1 Å². The van der Waals surface area contributed by atoms with E-state index in [1.54, 1.807) is 0 Å². The van der Waals surface area contributed by atoms with E-state index in [0.29, 0.717) is 6.04 Å². The molecule has 2 aliphatic heterocycles. The van der Waals surface area contributed by atoms with Crippen LogP contribution in [0.4, 0.5) is 5.69 Å². The van der Waals surface area contributed by atoms with Crippen molar-refractivity contribution in [3.63, 3.8) is 0 Å². The summed E-state index contributed by atoms with van der Waals surface area (Å²) in [5.74, 6) is 0.911. The van der Waals surface area contributed by atoms with Gasteiger partial charge in [-0.2, -0.15) is 0 Å². The summed E-state index contributed by atoms with van der Waals surface area (Å²) in [5, 5.41) is 7.86. The first-order chi connectivity index (χ1) is 13.6. The number of hydrogen-bond acceptors (Lipinski definition) is 4. The van der Waals surface area contributed by atoms with Gasteiger partial charge in [0, 0.05) is 56.5 Å². The highest BCUT2D eigenvalue weighted by molar-refractivity contribution is 14.0. The predicted molar refractivity (Wildman–Crippen MR) is 135 cm³/mol. The van der Waals surface area contributed by atoms with Crippen molar-refractivity contribution < 1.29 is 0 Å². The van der Waals surface area contributed by atoms with Crippen LogP contribution >= 0.6 is 35.6 Å². The van der Waals surface area contributed by atoms with Crippen LogP contribution in [0.1, 0.15) is 19.3 Å². The molecule has 0 amide bonds. The Morgan fingerprint density at radius 2 is 2.07 bits per heavy atom. The highest BCUT2D eigenvalue weighted by atomic mass is 127. The molecule has 3 rings (SSSR count). The summed E-state index contributed by atoms with van der Waals surface area (Å²) >= 11 is 6.13. The molecule has 2 fully saturated rings. The third-order valence-corrected chi connectivity index (χ3v) is 5.92. The minimum atomic E-state index is 0. The van der Waals surface area contributed by atoms with E-state index in [0.717, 1.165) is 50.0 Å². The summed E-state index contributed by atoms with van der Waals surface area (Å²) in [4.78, 5) is 11.8. The molecule has 1 unspecified atom stereocenters. The largest absolute Gasteiger partial charge is 0.369 e. The second-order valence-electron chi connectivity index (χ2n) is 7.91. The lowest BCUT2D eigenvalue weighted by molar-refractivity contribution is 0.274. The highest BCUT2D eigenvalue weighted by Crippen LogP contribution is 2.23. The van der Waals surface area contributed by atoms with E-state index in [9.17, 15) is 0 Å². The Kier molecular flexibility index (Phi) is 10.8. The second kappa shape index (κ2) is 12.8. The number of aliphatic imine (C=N–C) groups is 1. The van der Waals surface area contributed by atoms with Gasteiger partial charge in [-0.05, 0) is 64.1 Å². The lowest BCUT2D eigenvalue weighted by Gasteiger charge is -2.22. The zero-order valence-electron chi connectivity index (χ0n) is 17.7. The van der Waals surface area contributed by atoms with Crippen LogP contribution in [0.25, 0.3) is 0 Å². The number of likely N-dealkylation sites (N-methyl/N-ethyl adjacent to an activating group) is 1. The number of anilines is 1. The van der Waals surface area contributed by atoms with E-state index >= 15 is 0 Å². The molecule has 1 aromatic rings. The fourth-order valence-corrected chi connectivity index (χ4v) is 4.19. The van der Waals surface area contributed by atoms with Crippen LogP contribution in [0.2, 0.25) is 5.02 Å². The minimum Gasteiger partial charge on any atom is -0.369 e. The van der Waals surface area contributed by atoms with Gasteiger partial charge in [-0.3, -0.25) is 4.99 Å². The molecular formula is C21H36ClIN6. The molecule has 2 N–H and O–H groups in total. The van der Waals surface area contributed by atoms with Gasteiger partial charge in [0.2, 0.25) is 0 Å². The SMILES string of the molecule is CN=C(NCCCN1CCCN(C)CC1)NC1CCN(c2cccc(Cl)c2)C1.I. The molecule has 0 aliphatic carbocycles. The molecule has 2 aliphatic rings. The van der Waals surface area contributed by atoms with E-state index < -0.39 is 0 Å². The second-order valence-corrected chi connectivity index (χ2v) is 8.34. The van der Waals surface area contributed by atoms with Gasteiger partial charge in [0.1, 0.15) is 0 Å². The van der Waals surface area contributed by atoms with Gasteiger partial charge in [0.05, 0.1) is 0 Å². The number of rotatable bonds is 6. The van der Waals surface area contributed by atoms with Gasteiger partial charge in [-0.25, -0.2) is 0 Å². The van der Waals surface area contributed by atoms with E-state index in [2.05, 4.69) is 43.4 Å². The molecule has 2 heterocycles. The van der Waals surface area contributed by atoms with Gasteiger partial charge >= 0.3 is 0 Å². The number of nitrogens with zero attached hydrogens (tertiary/aromatic N) is 4. The summed E-state index contributed by atoms with van der Waals surface area (Å²) < 4.78 is 0. The van der Waals surface area contributed by atoms with Crippen molar-refractivity contribution in [1.29, 1.82) is 0 Å². The summed E-state index contributed by atoms with van der Waals surface area (Å²) in [6, 6.07) is 8.51. The molecule has 0 aromatic heterocycles. The van der Waals surface area contributed by atoms with E-state index in [-0.39, 0.29) is 24.0 Å². The van der Waals surface area contributed by atoms with Gasteiger partial charge in [-0.15, -0.1) is 24.0 Å². The first-order valence-corrected chi connectivity index (χ1v) is 10.9. The minimum absolute atomic E-state index is 0. The lowest BCUT2D eigenvalue weighted by Crippen LogP contribution is -2.45. The van der Waals surface area contributed by atoms with Crippen molar-refractivity contribution in [3.8, 4) is 0 Å². The third-order valence-electron chi connectivity index (χ3n) is 5.68. The first-order valence-electron chi connectivity index (χ1n) is 10.5. The fourth-order valence-electron chi connectivity index (χ4n) is 4.01. The molecule has 0 bridgehead atoms. The lowest BCUT2D eigenvalue weighted by atomic mass is 10.2. The van der Waals surface area contributed by atoms with Gasteiger partial charge in [-0.1, -0.05) is 17.7 Å². The Morgan fingerprint density at radius 3 is 2.86 bits per heavy atom. The predicted octanol–water partition coefficient (Wildman–Crippen LogP) is 2.73. The zero-order valence-corrected chi connectivity index (χ0v) is 20.8. The van der Waals surface area contributed by atoms with Crippen LogP contribution < -0.4 is 15.5 Å². The van der Waals surface area contributed by atoms with Crippen LogP contribution in [-0.2, 0) is 0 Å². The van der Waals surface area contributed by atoms with Crippen molar-refractivity contribution in [2.75, 3.05) is 71.4 Å². The van der Waals surface area contributed by atoms with Gasteiger partial charge in [0.15, 0.2) is 5.96 Å². The van der Waals surface area contributed by atoms with Crippen LogP contribution in [0, 0.1) is 0 Å². The number of guanidine groups is 1. The monoisotopic (exact) mass is 534 g/mol. The molecule has 0 spiro atoms. The smallest absolute Gasteiger partial charge is 0.191 e. The van der Waals surface area contributed by atoms with Crippen molar-refractivity contribution >= 4 is 47.2 Å². The standard InChI is InChI=1S/C21H35ClN6.HI/c1-23-21(24-9-4-11-27-12-5-10-26(2)14-15-27)25-19-8-13-28(17-19)20-7-3-6-18(22)16-20;/h3,6-7,16,19H,4-5,8-15,17H2,1-2H3,(H2,23,24,25);1H. The van der Waals surface area contributed by atoms with E-state index in [1.165, 1.54) is 38.3 Å². The zero-order chi connectivity index (χ0) is 19.8. The van der Waals surface area contributed by atoms with E-state index in [1.807, 2.05) is 25.2 Å². The number of nitrogens with one attached hydrogen (secondary N) is 2. The Bertz CT molecular complexity index is 643. The summed E-state index contributed by atoms with van der Waals surface area (Å²) in [6.45, 7) is 8.94. The molecule has 2 saturated heterocycles. The summed E-state index contributed by atoms with van der Waals surface area (Å²) in [6.07, 6.45) is 3.52. The Balaban J connectivity index is 0.00000300. The highest BCUT2D eigenvalue weighted by Gasteiger charge is 2.23. The van der Waals surface area contributed by atoms with Crippen LogP contribution in [0.3, 0.4) is 0 Å². The molecule has 0 radical (unpaired) electrons. The molecule has 29 heavy (non-hydrogen) atoms. The molecule has 1 atom stereocenters. The fraction of sp³-hybridized carbons (Fsp3) is 0.667. The molecule has 1 aromatic carbocycles. The molecule has 8 heteroatoms. The summed E-state index contributed by atoms with van der Waals surface area (Å²) in [5.41, 5.74) is 1.20. The number of benzene rings is 1. The maximum Gasteiger partial charge on any atom is 0.191 e. The molecule has 6 nitrogen and oxygen atoms in total. The Morgan fingerprint density at radius 1 is 1.21 bits per heavy atom. The average molecular weight is 535 g/mol. The molecular weight excluding hydrogens is 499 g/mol. The van der Waals surface area contributed by atoms with E-state index in [4.69, 9.17) is 11.6 Å². The van der Waals surface area contributed by atoms with Gasteiger partial charge in [0.25, 0.3) is 0 Å². The van der Waals surface area contributed by atoms with Crippen LogP contribution in [0.5, 0.6) is 0 Å². The Labute approximate surface area is 198 Å².